The third-order valence-corrected chi connectivity index (χ3v) is 6.09. The van der Waals surface area contributed by atoms with Crippen molar-refractivity contribution in [2.24, 2.45) is 5.92 Å². The van der Waals surface area contributed by atoms with Crippen LogP contribution in [0, 0.1) is 5.92 Å². The van der Waals surface area contributed by atoms with Crippen molar-refractivity contribution in [2.45, 2.75) is 38.3 Å². The highest BCUT2D eigenvalue weighted by Crippen LogP contribution is 2.29. The highest BCUT2D eigenvalue weighted by atomic mass is 32.2. The predicted octanol–water partition coefficient (Wildman–Crippen LogP) is 2.73. The number of likely N-dealkylation sites (tertiary alicyclic amines) is 1. The molecule has 3 rings (SSSR count). The average molecular weight is 334 g/mol. The third kappa shape index (κ3) is 4.28. The van der Waals surface area contributed by atoms with Crippen LogP contribution in [0.15, 0.2) is 24.3 Å². The number of rotatable bonds is 4. The van der Waals surface area contributed by atoms with Crippen LogP contribution in [0.1, 0.15) is 31.7 Å². The Kier molecular flexibility index (Phi) is 5.29. The summed E-state index contributed by atoms with van der Waals surface area (Å²) in [5.41, 5.74) is 0.831. The van der Waals surface area contributed by atoms with Crippen molar-refractivity contribution >= 4 is 23.4 Å². The van der Waals surface area contributed by atoms with Crippen LogP contribution < -0.4 is 5.32 Å². The van der Waals surface area contributed by atoms with Gasteiger partial charge in [0.05, 0.1) is 0 Å². The van der Waals surface area contributed by atoms with Crippen LogP contribution in [-0.4, -0.2) is 46.1 Å². The summed E-state index contributed by atoms with van der Waals surface area (Å²) in [6.45, 7) is 5.64. The minimum atomic E-state index is -1.20. The first-order chi connectivity index (χ1) is 11.0. The summed E-state index contributed by atoms with van der Waals surface area (Å²) in [5, 5.41) is 13.1. The van der Waals surface area contributed by atoms with Crippen molar-refractivity contribution in [3.63, 3.8) is 0 Å². The lowest BCUT2D eigenvalue weighted by Gasteiger charge is -2.30. The largest absolute Gasteiger partial charge is 0.379 e. The first-order valence-electron chi connectivity index (χ1n) is 8.48. The number of carbonyl (C=O) groups is 1. The number of piperidine rings is 1. The number of hydrogen-bond donors (Lipinski definition) is 2. The molecule has 2 aliphatic heterocycles. The molecule has 2 heterocycles. The second-order valence-corrected chi connectivity index (χ2v) is 8.05. The second-order valence-electron chi connectivity index (χ2n) is 6.94. The maximum Gasteiger partial charge on any atom is 0.257 e. The van der Waals surface area contributed by atoms with Gasteiger partial charge in [-0.05, 0) is 61.7 Å². The van der Waals surface area contributed by atoms with E-state index < -0.39 is 5.60 Å². The molecule has 2 fully saturated rings. The molecular formula is C18H26N2O2S. The van der Waals surface area contributed by atoms with Crippen molar-refractivity contribution < 1.29 is 9.90 Å². The van der Waals surface area contributed by atoms with Gasteiger partial charge in [-0.1, -0.05) is 19.1 Å². The van der Waals surface area contributed by atoms with Crippen molar-refractivity contribution in [1.82, 2.24) is 4.90 Å². The summed E-state index contributed by atoms with van der Waals surface area (Å²) in [7, 11) is 0. The monoisotopic (exact) mass is 334 g/mol. The van der Waals surface area contributed by atoms with Gasteiger partial charge in [0.25, 0.3) is 5.91 Å². The van der Waals surface area contributed by atoms with Crippen molar-refractivity contribution in [2.75, 3.05) is 29.9 Å². The van der Waals surface area contributed by atoms with Crippen LogP contribution in [0.25, 0.3) is 0 Å². The number of benzene rings is 1. The van der Waals surface area contributed by atoms with E-state index >= 15 is 0 Å². The molecule has 5 heteroatoms. The molecule has 1 aromatic rings. The number of thioether (sulfide) groups is 1. The lowest BCUT2D eigenvalue weighted by molar-refractivity contribution is -0.131. The minimum Gasteiger partial charge on any atom is -0.379 e. The summed E-state index contributed by atoms with van der Waals surface area (Å²) in [5.74, 6) is 1.91. The fourth-order valence-corrected chi connectivity index (χ4v) is 4.39. The van der Waals surface area contributed by atoms with Gasteiger partial charge >= 0.3 is 0 Å². The molecule has 1 unspecified atom stereocenters. The number of amides is 1. The maximum absolute atomic E-state index is 12.2. The van der Waals surface area contributed by atoms with Gasteiger partial charge in [-0.25, -0.2) is 0 Å². The van der Waals surface area contributed by atoms with Gasteiger partial charge in [-0.2, -0.15) is 11.8 Å². The van der Waals surface area contributed by atoms with Gasteiger partial charge in [0.1, 0.15) is 0 Å². The molecule has 0 aliphatic carbocycles. The van der Waals surface area contributed by atoms with Crippen LogP contribution in [0.5, 0.6) is 0 Å². The van der Waals surface area contributed by atoms with E-state index in [0.717, 1.165) is 23.9 Å². The molecule has 1 atom stereocenters. The molecule has 1 amide bonds. The Morgan fingerprint density at radius 3 is 2.65 bits per heavy atom. The molecule has 23 heavy (non-hydrogen) atoms. The van der Waals surface area contributed by atoms with E-state index in [2.05, 4.69) is 29.3 Å². The summed E-state index contributed by atoms with van der Waals surface area (Å²) in [6.07, 6.45) is 3.10. The third-order valence-electron chi connectivity index (χ3n) is 4.92. The van der Waals surface area contributed by atoms with Crippen LogP contribution in [0.4, 0.5) is 5.69 Å². The molecule has 0 aromatic heterocycles. The van der Waals surface area contributed by atoms with E-state index in [1.54, 1.807) is 11.8 Å². The van der Waals surface area contributed by atoms with Crippen molar-refractivity contribution in [3.05, 3.63) is 29.8 Å². The lowest BCUT2D eigenvalue weighted by atomic mass is 9.99. The molecule has 4 nitrogen and oxygen atoms in total. The molecule has 0 radical (unpaired) electrons. The zero-order chi connectivity index (χ0) is 16.3. The van der Waals surface area contributed by atoms with Crippen LogP contribution in [0.3, 0.4) is 0 Å². The van der Waals surface area contributed by atoms with Gasteiger partial charge < -0.3 is 10.4 Å². The minimum absolute atomic E-state index is 0.278. The Morgan fingerprint density at radius 1 is 1.35 bits per heavy atom. The van der Waals surface area contributed by atoms with Crippen molar-refractivity contribution in [1.29, 1.82) is 0 Å². The van der Waals surface area contributed by atoms with Gasteiger partial charge in [0.15, 0.2) is 5.60 Å². The normalized spacial score (nSPS) is 26.3. The number of anilines is 1. The highest BCUT2D eigenvalue weighted by molar-refractivity contribution is 7.99. The maximum atomic E-state index is 12.2. The van der Waals surface area contributed by atoms with E-state index in [0.29, 0.717) is 12.2 Å². The number of hydrogen-bond acceptors (Lipinski definition) is 4. The summed E-state index contributed by atoms with van der Waals surface area (Å²) in [4.78, 5) is 14.7. The van der Waals surface area contributed by atoms with E-state index in [4.69, 9.17) is 0 Å². The molecule has 0 bridgehead atoms. The first kappa shape index (κ1) is 16.8. The molecule has 2 aliphatic rings. The molecule has 2 N–H and O–H groups in total. The number of nitrogens with one attached hydrogen (secondary N) is 1. The Morgan fingerprint density at radius 2 is 2.04 bits per heavy atom. The van der Waals surface area contributed by atoms with Crippen molar-refractivity contribution in [3.8, 4) is 0 Å². The molecule has 126 valence electrons. The van der Waals surface area contributed by atoms with Gasteiger partial charge in [-0.15, -0.1) is 0 Å². The average Bonchev–Trinajstić information content (AvgIpc) is 3.00. The first-order valence-corrected chi connectivity index (χ1v) is 9.63. The number of aliphatic hydroxyl groups is 1. The Balaban J connectivity index is 1.53. The van der Waals surface area contributed by atoms with E-state index in [1.807, 2.05) is 12.1 Å². The van der Waals surface area contributed by atoms with Gasteiger partial charge in [0.2, 0.25) is 0 Å². The molecule has 1 aromatic carbocycles. The predicted molar refractivity (Wildman–Crippen MR) is 95.6 cm³/mol. The topological polar surface area (TPSA) is 52.6 Å². The SMILES string of the molecule is CC1CCN(Cc2ccc(NC(=O)C3(O)CCSC3)cc2)CC1. The summed E-state index contributed by atoms with van der Waals surface area (Å²) < 4.78 is 0. The second kappa shape index (κ2) is 7.24. The number of nitrogens with zero attached hydrogens (tertiary/aromatic N) is 1. The van der Waals surface area contributed by atoms with Gasteiger partial charge in [-0.3, -0.25) is 9.69 Å². The van der Waals surface area contributed by atoms with Crippen LogP contribution in [-0.2, 0) is 11.3 Å². The zero-order valence-electron chi connectivity index (χ0n) is 13.8. The fraction of sp³-hybridized carbons (Fsp3) is 0.611. The van der Waals surface area contributed by atoms with E-state index in [9.17, 15) is 9.90 Å². The Bertz CT molecular complexity index is 532. The van der Waals surface area contributed by atoms with E-state index in [-0.39, 0.29) is 5.91 Å². The quantitative estimate of drug-likeness (QED) is 0.889. The Labute approximate surface area is 142 Å². The molecule has 2 saturated heterocycles. The smallest absolute Gasteiger partial charge is 0.257 e. The highest BCUT2D eigenvalue weighted by Gasteiger charge is 2.39. The molecular weight excluding hydrogens is 308 g/mol. The molecule has 0 spiro atoms. The summed E-state index contributed by atoms with van der Waals surface area (Å²) in [6, 6.07) is 8.01. The van der Waals surface area contributed by atoms with Crippen LogP contribution >= 0.6 is 11.8 Å². The Hall–Kier alpha value is -1.04. The zero-order valence-corrected chi connectivity index (χ0v) is 14.6. The fourth-order valence-electron chi connectivity index (χ4n) is 3.15. The standard InChI is InChI=1S/C18H26N2O2S/c1-14-6-9-20(10-7-14)12-15-2-4-16(5-3-15)19-17(21)18(22)8-11-23-13-18/h2-5,14,22H,6-13H2,1H3,(H,19,21). The van der Waals surface area contributed by atoms with E-state index in [1.165, 1.54) is 31.5 Å². The van der Waals surface area contributed by atoms with Crippen LogP contribution in [0.2, 0.25) is 0 Å². The number of carbonyl (C=O) groups excluding carboxylic acids is 1. The lowest BCUT2D eigenvalue weighted by Crippen LogP contribution is -2.42. The summed E-state index contributed by atoms with van der Waals surface area (Å²) >= 11 is 1.63. The van der Waals surface area contributed by atoms with Gasteiger partial charge in [0, 0.05) is 18.0 Å². The molecule has 0 saturated carbocycles.